The highest BCUT2D eigenvalue weighted by molar-refractivity contribution is 5.42. The molecule has 1 unspecified atom stereocenters. The summed E-state index contributed by atoms with van der Waals surface area (Å²) in [5, 5.41) is 3.27. The van der Waals surface area contributed by atoms with E-state index in [4.69, 9.17) is 10.5 Å². The summed E-state index contributed by atoms with van der Waals surface area (Å²) in [6.45, 7) is 8.65. The van der Waals surface area contributed by atoms with Gasteiger partial charge in [-0.05, 0) is 22.6 Å². The molecule has 2 rings (SSSR count). The molecule has 3 heteroatoms. The Hall–Kier alpha value is -1.06. The Morgan fingerprint density at radius 2 is 2.00 bits per heavy atom. The van der Waals surface area contributed by atoms with Gasteiger partial charge in [-0.15, -0.1) is 0 Å². The summed E-state index contributed by atoms with van der Waals surface area (Å²) in [4.78, 5) is 0. The van der Waals surface area contributed by atoms with E-state index in [0.29, 0.717) is 5.92 Å². The zero-order chi connectivity index (χ0) is 13.3. The van der Waals surface area contributed by atoms with E-state index < -0.39 is 0 Å². The maximum atomic E-state index is 6.32. The van der Waals surface area contributed by atoms with Crippen molar-refractivity contribution in [2.24, 2.45) is 11.7 Å². The van der Waals surface area contributed by atoms with Gasteiger partial charge in [-0.3, -0.25) is 0 Å². The fourth-order valence-corrected chi connectivity index (χ4v) is 2.36. The molecule has 3 N–H and O–H groups in total. The van der Waals surface area contributed by atoms with Crippen LogP contribution in [0.4, 0.5) is 0 Å². The fraction of sp³-hybridized carbons (Fsp3) is 0.600. The SMILES string of the molecule is COc1ccc(C(N)C2CNC2)cc1C(C)(C)C. The quantitative estimate of drug-likeness (QED) is 0.862. The molecular weight excluding hydrogens is 224 g/mol. The molecule has 1 atom stereocenters. The molecule has 0 spiro atoms. The molecule has 18 heavy (non-hydrogen) atoms. The van der Waals surface area contributed by atoms with Crippen LogP contribution < -0.4 is 15.8 Å². The highest BCUT2D eigenvalue weighted by Crippen LogP contribution is 2.34. The van der Waals surface area contributed by atoms with Crippen LogP contribution in [0, 0.1) is 5.92 Å². The molecule has 0 radical (unpaired) electrons. The van der Waals surface area contributed by atoms with Gasteiger partial charge < -0.3 is 15.8 Å². The zero-order valence-electron chi connectivity index (χ0n) is 11.8. The molecule has 1 aliphatic rings. The van der Waals surface area contributed by atoms with Crippen molar-refractivity contribution in [1.29, 1.82) is 0 Å². The second-order valence-corrected chi connectivity index (χ2v) is 6.15. The van der Waals surface area contributed by atoms with Crippen LogP contribution in [0.2, 0.25) is 0 Å². The predicted octanol–water partition coefficient (Wildman–Crippen LogP) is 2.21. The summed E-state index contributed by atoms with van der Waals surface area (Å²) in [5.74, 6) is 1.51. The Balaban J connectivity index is 2.33. The third kappa shape index (κ3) is 2.52. The molecule has 1 aromatic carbocycles. The summed E-state index contributed by atoms with van der Waals surface area (Å²) in [7, 11) is 1.72. The second kappa shape index (κ2) is 4.90. The standard InChI is InChI=1S/C15H24N2O/c1-15(2,3)12-7-10(5-6-13(12)18-4)14(16)11-8-17-9-11/h5-7,11,14,17H,8-9,16H2,1-4H3. The first-order chi connectivity index (χ1) is 8.43. The van der Waals surface area contributed by atoms with Crippen LogP contribution in [0.1, 0.15) is 37.9 Å². The van der Waals surface area contributed by atoms with Gasteiger partial charge in [0.1, 0.15) is 5.75 Å². The van der Waals surface area contributed by atoms with Gasteiger partial charge in [0.15, 0.2) is 0 Å². The summed E-state index contributed by atoms with van der Waals surface area (Å²) in [5.41, 5.74) is 8.83. The number of hydrogen-bond acceptors (Lipinski definition) is 3. The molecule has 100 valence electrons. The number of ether oxygens (including phenoxy) is 1. The Morgan fingerprint density at radius 1 is 1.33 bits per heavy atom. The number of benzene rings is 1. The molecule has 1 saturated heterocycles. The van der Waals surface area contributed by atoms with Crippen molar-refractivity contribution in [3.63, 3.8) is 0 Å². The lowest BCUT2D eigenvalue weighted by atomic mass is 9.82. The van der Waals surface area contributed by atoms with Crippen molar-refractivity contribution in [1.82, 2.24) is 5.32 Å². The third-order valence-electron chi connectivity index (χ3n) is 3.74. The van der Waals surface area contributed by atoms with Gasteiger partial charge in [-0.2, -0.15) is 0 Å². The van der Waals surface area contributed by atoms with Crippen LogP contribution in [0.15, 0.2) is 18.2 Å². The van der Waals surface area contributed by atoms with Gasteiger partial charge >= 0.3 is 0 Å². The Kier molecular flexibility index (Phi) is 3.64. The number of rotatable bonds is 3. The van der Waals surface area contributed by atoms with Gasteiger partial charge in [0, 0.05) is 25.0 Å². The van der Waals surface area contributed by atoms with Crippen molar-refractivity contribution in [2.45, 2.75) is 32.2 Å². The second-order valence-electron chi connectivity index (χ2n) is 6.15. The first-order valence-electron chi connectivity index (χ1n) is 6.58. The zero-order valence-corrected chi connectivity index (χ0v) is 11.8. The van der Waals surface area contributed by atoms with E-state index in [9.17, 15) is 0 Å². The van der Waals surface area contributed by atoms with Crippen LogP contribution in [0.25, 0.3) is 0 Å². The minimum absolute atomic E-state index is 0.0684. The lowest BCUT2D eigenvalue weighted by molar-refractivity contribution is 0.294. The van der Waals surface area contributed by atoms with Gasteiger partial charge in [0.25, 0.3) is 0 Å². The van der Waals surface area contributed by atoms with E-state index >= 15 is 0 Å². The molecule has 1 aliphatic heterocycles. The van der Waals surface area contributed by atoms with E-state index in [2.05, 4.69) is 38.2 Å². The van der Waals surface area contributed by atoms with E-state index in [1.165, 1.54) is 11.1 Å². The Labute approximate surface area is 110 Å². The summed E-state index contributed by atoms with van der Waals surface area (Å²) in [6, 6.07) is 6.47. The normalized spacial score (nSPS) is 18.3. The predicted molar refractivity (Wildman–Crippen MR) is 75.0 cm³/mol. The molecule has 1 fully saturated rings. The molecule has 1 heterocycles. The molecule has 0 amide bonds. The maximum Gasteiger partial charge on any atom is 0.122 e. The molecule has 3 nitrogen and oxygen atoms in total. The Morgan fingerprint density at radius 3 is 2.44 bits per heavy atom. The molecule has 0 aromatic heterocycles. The molecule has 0 bridgehead atoms. The van der Waals surface area contributed by atoms with Crippen LogP contribution in [-0.2, 0) is 5.41 Å². The molecule has 0 aliphatic carbocycles. The van der Waals surface area contributed by atoms with Gasteiger partial charge in [0.05, 0.1) is 7.11 Å². The lowest BCUT2D eigenvalue weighted by Crippen LogP contribution is -2.47. The highest BCUT2D eigenvalue weighted by Gasteiger charge is 2.27. The number of nitrogens with two attached hydrogens (primary N) is 1. The minimum Gasteiger partial charge on any atom is -0.496 e. The highest BCUT2D eigenvalue weighted by atomic mass is 16.5. The van der Waals surface area contributed by atoms with Crippen LogP contribution in [-0.4, -0.2) is 20.2 Å². The van der Waals surface area contributed by atoms with Crippen molar-refractivity contribution in [3.05, 3.63) is 29.3 Å². The molecular formula is C15H24N2O. The van der Waals surface area contributed by atoms with E-state index in [-0.39, 0.29) is 11.5 Å². The third-order valence-corrected chi connectivity index (χ3v) is 3.74. The van der Waals surface area contributed by atoms with E-state index in [0.717, 1.165) is 18.8 Å². The minimum atomic E-state index is 0.0684. The van der Waals surface area contributed by atoms with Crippen LogP contribution in [0.5, 0.6) is 5.75 Å². The average molecular weight is 248 g/mol. The monoisotopic (exact) mass is 248 g/mol. The molecule has 1 aromatic rings. The van der Waals surface area contributed by atoms with E-state index in [1.807, 2.05) is 6.07 Å². The van der Waals surface area contributed by atoms with Crippen LogP contribution in [0.3, 0.4) is 0 Å². The molecule has 0 saturated carbocycles. The summed E-state index contributed by atoms with van der Waals surface area (Å²) >= 11 is 0. The Bertz CT molecular complexity index is 419. The summed E-state index contributed by atoms with van der Waals surface area (Å²) in [6.07, 6.45) is 0. The van der Waals surface area contributed by atoms with Crippen molar-refractivity contribution in [3.8, 4) is 5.75 Å². The maximum absolute atomic E-state index is 6.32. The van der Waals surface area contributed by atoms with Gasteiger partial charge in [-0.1, -0.05) is 32.9 Å². The first-order valence-corrected chi connectivity index (χ1v) is 6.58. The number of methoxy groups -OCH3 is 1. The summed E-state index contributed by atoms with van der Waals surface area (Å²) < 4.78 is 5.45. The largest absolute Gasteiger partial charge is 0.496 e. The average Bonchev–Trinajstić information content (AvgIpc) is 2.24. The number of nitrogens with one attached hydrogen (secondary N) is 1. The van der Waals surface area contributed by atoms with Gasteiger partial charge in [-0.25, -0.2) is 0 Å². The fourth-order valence-electron chi connectivity index (χ4n) is 2.36. The first kappa shape index (κ1) is 13.4. The topological polar surface area (TPSA) is 47.3 Å². The van der Waals surface area contributed by atoms with Crippen molar-refractivity contribution in [2.75, 3.05) is 20.2 Å². The smallest absolute Gasteiger partial charge is 0.122 e. The van der Waals surface area contributed by atoms with Crippen molar-refractivity contribution >= 4 is 0 Å². The van der Waals surface area contributed by atoms with E-state index in [1.54, 1.807) is 7.11 Å². The number of hydrogen-bond donors (Lipinski definition) is 2. The van der Waals surface area contributed by atoms with Crippen LogP contribution >= 0.6 is 0 Å². The van der Waals surface area contributed by atoms with Gasteiger partial charge in [0.2, 0.25) is 0 Å². The lowest BCUT2D eigenvalue weighted by Gasteiger charge is -2.33. The van der Waals surface area contributed by atoms with Crippen molar-refractivity contribution < 1.29 is 4.74 Å².